The van der Waals surface area contributed by atoms with Crippen molar-refractivity contribution in [2.45, 2.75) is 37.5 Å². The third-order valence-electron chi connectivity index (χ3n) is 6.09. The van der Waals surface area contributed by atoms with Crippen molar-refractivity contribution in [3.05, 3.63) is 46.5 Å². The van der Waals surface area contributed by atoms with Crippen LogP contribution in [0.5, 0.6) is 0 Å². The number of nitrogens with one attached hydrogen (secondary N) is 3. The summed E-state index contributed by atoms with van der Waals surface area (Å²) in [6, 6.07) is 5.29. The quantitative estimate of drug-likeness (QED) is 0.492. The minimum atomic E-state index is -0.263. The van der Waals surface area contributed by atoms with E-state index in [0.717, 1.165) is 25.9 Å². The zero-order chi connectivity index (χ0) is 22.9. The van der Waals surface area contributed by atoms with Crippen LogP contribution in [-0.4, -0.2) is 64.6 Å². The predicted molar refractivity (Wildman–Crippen MR) is 122 cm³/mol. The fraction of sp³-hybridized carbons (Fsp3) is 0.455. The van der Waals surface area contributed by atoms with E-state index in [0.29, 0.717) is 35.1 Å². The maximum Gasteiger partial charge on any atom is 0.274 e. The standard InChI is InChI=1S/C22H27N7O4/c1-23-19-10-18(25-15-6-3-7-28(22(15)31)13-5-4-8-33-12-13)27-20-14(11-24-29(19)20)21(30)26-16-9-17(16)32-2/h3,6-7,10-11,13,16-17,23H,4-5,8-9,12H2,1-2H3,(H,25,27)(H,26,30)/t13-,16+,17+/m1/s1. The first-order valence-electron chi connectivity index (χ1n) is 11.0. The Morgan fingerprint density at radius 3 is 2.97 bits per heavy atom. The third-order valence-corrected chi connectivity index (χ3v) is 6.09. The number of methoxy groups -OCH3 is 1. The second kappa shape index (κ2) is 8.83. The Bertz CT molecular complexity index is 1230. The van der Waals surface area contributed by atoms with Crippen molar-refractivity contribution in [3.8, 4) is 0 Å². The summed E-state index contributed by atoms with van der Waals surface area (Å²) in [6.07, 6.45) is 5.94. The summed E-state index contributed by atoms with van der Waals surface area (Å²) in [5.74, 6) is 0.789. The normalized spacial score (nSPS) is 22.2. The van der Waals surface area contributed by atoms with Crippen LogP contribution in [0, 0.1) is 0 Å². The first kappa shape index (κ1) is 21.4. The lowest BCUT2D eigenvalue weighted by molar-refractivity contribution is 0.0581. The van der Waals surface area contributed by atoms with E-state index in [1.807, 2.05) is 6.07 Å². The van der Waals surface area contributed by atoms with Gasteiger partial charge in [-0.05, 0) is 31.4 Å². The number of ether oxygens (including phenoxy) is 2. The summed E-state index contributed by atoms with van der Waals surface area (Å²) in [5, 5.41) is 13.4. The monoisotopic (exact) mass is 453 g/mol. The zero-order valence-corrected chi connectivity index (χ0v) is 18.6. The van der Waals surface area contributed by atoms with Crippen LogP contribution in [0.2, 0.25) is 0 Å². The Labute approximate surface area is 190 Å². The fourth-order valence-corrected chi connectivity index (χ4v) is 4.17. The molecule has 11 heteroatoms. The number of carbonyl (C=O) groups is 1. The molecular weight excluding hydrogens is 426 g/mol. The van der Waals surface area contributed by atoms with Crippen LogP contribution in [0.3, 0.4) is 0 Å². The Morgan fingerprint density at radius 1 is 1.36 bits per heavy atom. The summed E-state index contributed by atoms with van der Waals surface area (Å²) >= 11 is 0. The van der Waals surface area contributed by atoms with Gasteiger partial charge < -0.3 is 30.0 Å². The van der Waals surface area contributed by atoms with Gasteiger partial charge in [0.1, 0.15) is 22.9 Å². The van der Waals surface area contributed by atoms with E-state index in [1.165, 1.54) is 6.20 Å². The summed E-state index contributed by atoms with van der Waals surface area (Å²) in [5.41, 5.74) is 0.982. The minimum absolute atomic E-state index is 0.00548. The van der Waals surface area contributed by atoms with E-state index in [1.54, 1.807) is 41.6 Å². The molecule has 1 amide bonds. The average Bonchev–Trinajstić information content (AvgIpc) is 3.45. The highest BCUT2D eigenvalue weighted by Gasteiger charge is 2.39. The average molecular weight is 454 g/mol. The molecule has 1 aliphatic heterocycles. The van der Waals surface area contributed by atoms with Gasteiger partial charge in [-0.3, -0.25) is 9.59 Å². The van der Waals surface area contributed by atoms with Gasteiger partial charge in [-0.1, -0.05) is 0 Å². The summed E-state index contributed by atoms with van der Waals surface area (Å²) in [7, 11) is 3.38. The molecule has 5 rings (SSSR count). The van der Waals surface area contributed by atoms with E-state index in [2.05, 4.69) is 26.0 Å². The Kier molecular flexibility index (Phi) is 5.73. The number of pyridine rings is 1. The molecule has 3 N–H and O–H groups in total. The van der Waals surface area contributed by atoms with Gasteiger partial charge in [0.25, 0.3) is 11.5 Å². The van der Waals surface area contributed by atoms with Crippen LogP contribution in [0.15, 0.2) is 35.4 Å². The van der Waals surface area contributed by atoms with Crippen molar-refractivity contribution >= 4 is 28.9 Å². The summed E-state index contributed by atoms with van der Waals surface area (Å²) < 4.78 is 14.1. The van der Waals surface area contributed by atoms with Gasteiger partial charge in [0.2, 0.25) is 0 Å². The number of fused-ring (bicyclic) bond motifs is 1. The van der Waals surface area contributed by atoms with Gasteiger partial charge in [-0.2, -0.15) is 9.61 Å². The van der Waals surface area contributed by atoms with Crippen LogP contribution in [0.4, 0.5) is 17.3 Å². The first-order valence-corrected chi connectivity index (χ1v) is 11.0. The molecular formula is C22H27N7O4. The molecule has 3 aromatic heterocycles. The molecule has 11 nitrogen and oxygen atoms in total. The number of anilines is 3. The Hall–Kier alpha value is -3.44. The molecule has 0 aromatic carbocycles. The van der Waals surface area contributed by atoms with Crippen molar-refractivity contribution in [3.63, 3.8) is 0 Å². The van der Waals surface area contributed by atoms with Crippen LogP contribution < -0.4 is 21.5 Å². The maximum absolute atomic E-state index is 13.1. The number of amides is 1. The van der Waals surface area contributed by atoms with Gasteiger partial charge >= 0.3 is 0 Å². The van der Waals surface area contributed by atoms with Crippen molar-refractivity contribution in [1.82, 2.24) is 24.5 Å². The topological polar surface area (TPSA) is 124 Å². The first-order chi connectivity index (χ1) is 16.1. The zero-order valence-electron chi connectivity index (χ0n) is 18.6. The molecule has 1 aliphatic carbocycles. The number of hydrogen-bond acceptors (Lipinski definition) is 8. The van der Waals surface area contributed by atoms with Gasteiger partial charge in [0.15, 0.2) is 5.65 Å². The van der Waals surface area contributed by atoms with Gasteiger partial charge in [-0.15, -0.1) is 0 Å². The molecule has 1 saturated heterocycles. The summed E-state index contributed by atoms with van der Waals surface area (Å²) in [6.45, 7) is 1.25. The van der Waals surface area contributed by atoms with E-state index in [-0.39, 0.29) is 29.7 Å². The SMILES string of the molecule is CNc1cc(Nc2cccn([C@@H]3CCCOC3)c2=O)nc2c(C(=O)N[C@H]3C[C@@H]3OC)cnn12. The molecule has 0 radical (unpaired) electrons. The number of rotatable bonds is 7. The lowest BCUT2D eigenvalue weighted by atomic mass is 10.1. The molecule has 3 atom stereocenters. The molecule has 1 saturated carbocycles. The highest BCUT2D eigenvalue weighted by molar-refractivity contribution is 6.00. The van der Waals surface area contributed by atoms with Crippen LogP contribution in [0.25, 0.3) is 5.65 Å². The highest BCUT2D eigenvalue weighted by Crippen LogP contribution is 2.26. The number of aromatic nitrogens is 4. The molecule has 3 aromatic rings. The lowest BCUT2D eigenvalue weighted by Gasteiger charge is -2.24. The molecule has 2 aliphatic rings. The molecule has 4 heterocycles. The van der Waals surface area contributed by atoms with Crippen LogP contribution in [0.1, 0.15) is 35.7 Å². The molecule has 33 heavy (non-hydrogen) atoms. The van der Waals surface area contributed by atoms with Gasteiger partial charge in [-0.25, -0.2) is 4.98 Å². The lowest BCUT2D eigenvalue weighted by Crippen LogP contribution is -2.31. The van der Waals surface area contributed by atoms with Gasteiger partial charge in [0.05, 0.1) is 31.0 Å². The minimum Gasteiger partial charge on any atom is -0.379 e. The van der Waals surface area contributed by atoms with Gasteiger partial charge in [0, 0.05) is 33.0 Å². The molecule has 0 bridgehead atoms. The molecule has 2 fully saturated rings. The molecule has 0 spiro atoms. The van der Waals surface area contributed by atoms with E-state index >= 15 is 0 Å². The molecule has 0 unspecified atom stereocenters. The third kappa shape index (κ3) is 4.16. The van der Waals surface area contributed by atoms with Crippen molar-refractivity contribution < 1.29 is 14.3 Å². The second-order valence-corrected chi connectivity index (χ2v) is 8.29. The van der Waals surface area contributed by atoms with E-state index in [4.69, 9.17) is 9.47 Å². The van der Waals surface area contributed by atoms with Crippen molar-refractivity contribution in [2.75, 3.05) is 38.0 Å². The Balaban J connectivity index is 1.45. The Morgan fingerprint density at radius 2 is 2.24 bits per heavy atom. The van der Waals surface area contributed by atoms with Crippen molar-refractivity contribution in [2.24, 2.45) is 0 Å². The second-order valence-electron chi connectivity index (χ2n) is 8.29. The largest absolute Gasteiger partial charge is 0.379 e. The van der Waals surface area contributed by atoms with E-state index in [9.17, 15) is 9.59 Å². The predicted octanol–water partition coefficient (Wildman–Crippen LogP) is 1.54. The van der Waals surface area contributed by atoms with E-state index < -0.39 is 0 Å². The van der Waals surface area contributed by atoms with Crippen molar-refractivity contribution in [1.29, 1.82) is 0 Å². The van der Waals surface area contributed by atoms with Crippen LogP contribution >= 0.6 is 0 Å². The fourth-order valence-electron chi connectivity index (χ4n) is 4.17. The summed E-state index contributed by atoms with van der Waals surface area (Å²) in [4.78, 5) is 30.5. The number of nitrogens with zero attached hydrogens (tertiary/aromatic N) is 4. The van der Waals surface area contributed by atoms with Crippen LogP contribution in [-0.2, 0) is 9.47 Å². The maximum atomic E-state index is 13.1. The number of hydrogen-bond donors (Lipinski definition) is 3. The highest BCUT2D eigenvalue weighted by atomic mass is 16.5. The number of carbonyl (C=O) groups excluding carboxylic acids is 1. The smallest absolute Gasteiger partial charge is 0.274 e. The molecule has 174 valence electrons.